The van der Waals surface area contributed by atoms with Gasteiger partial charge in [-0.05, 0) is 89.6 Å². The zero-order chi connectivity index (χ0) is 31.8. The van der Waals surface area contributed by atoms with Gasteiger partial charge in [-0.25, -0.2) is 14.0 Å². The highest BCUT2D eigenvalue weighted by Gasteiger charge is 2.34. The Bertz CT molecular complexity index is 1680. The first-order valence-electron chi connectivity index (χ1n) is 14.2. The summed E-state index contributed by atoms with van der Waals surface area (Å²) in [6.07, 6.45) is 1.62. The Balaban J connectivity index is 1.41. The second-order valence-corrected chi connectivity index (χ2v) is 13.0. The Morgan fingerprint density at radius 2 is 1.73 bits per heavy atom. The van der Waals surface area contributed by atoms with Crippen molar-refractivity contribution in [2.45, 2.75) is 65.8 Å². The maximum atomic E-state index is 13.8. The van der Waals surface area contributed by atoms with Gasteiger partial charge in [0.2, 0.25) is 0 Å². The lowest BCUT2D eigenvalue weighted by Gasteiger charge is -2.28. The van der Waals surface area contributed by atoms with Crippen molar-refractivity contribution < 1.29 is 28.2 Å². The van der Waals surface area contributed by atoms with Gasteiger partial charge in [0.1, 0.15) is 29.4 Å². The zero-order valence-electron chi connectivity index (χ0n) is 25.6. The summed E-state index contributed by atoms with van der Waals surface area (Å²) in [5, 5.41) is 9.39. The van der Waals surface area contributed by atoms with E-state index in [-0.39, 0.29) is 11.6 Å². The first kappa shape index (κ1) is 31.2. The van der Waals surface area contributed by atoms with Gasteiger partial charge >= 0.3 is 12.2 Å². The molecule has 1 aliphatic heterocycles. The van der Waals surface area contributed by atoms with Crippen LogP contribution < -0.4 is 9.64 Å². The number of rotatable bonds is 4. The normalized spacial score (nSPS) is 14.0. The van der Waals surface area contributed by atoms with Gasteiger partial charge in [-0.2, -0.15) is 10.00 Å². The van der Waals surface area contributed by atoms with Crippen molar-refractivity contribution in [2.24, 2.45) is 0 Å². The van der Waals surface area contributed by atoms with E-state index in [2.05, 4.69) is 15.1 Å². The first-order chi connectivity index (χ1) is 20.7. The molecule has 4 aromatic rings. The fourth-order valence-electron chi connectivity index (χ4n) is 4.85. The second-order valence-electron chi connectivity index (χ2n) is 12.6. The molecule has 2 aromatic carbocycles. The van der Waals surface area contributed by atoms with E-state index in [9.17, 15) is 14.0 Å². The van der Waals surface area contributed by atoms with Crippen LogP contribution in [0.2, 0.25) is 5.02 Å². The van der Waals surface area contributed by atoms with Gasteiger partial charge in [-0.1, -0.05) is 11.6 Å². The number of nitrogens with zero attached hydrogens (tertiary/aromatic N) is 5. The van der Waals surface area contributed by atoms with E-state index >= 15 is 0 Å². The molecule has 3 heterocycles. The van der Waals surface area contributed by atoms with Gasteiger partial charge in [0.15, 0.2) is 5.82 Å². The largest absolute Gasteiger partial charge is 0.490 e. The van der Waals surface area contributed by atoms with Gasteiger partial charge < -0.3 is 18.8 Å². The summed E-state index contributed by atoms with van der Waals surface area (Å²) in [7, 11) is 0. The van der Waals surface area contributed by atoms with E-state index < -0.39 is 23.4 Å². The topological polar surface area (TPSA) is 99.0 Å². The molecule has 12 heteroatoms. The van der Waals surface area contributed by atoms with Crippen LogP contribution in [-0.2, 0) is 22.6 Å². The summed E-state index contributed by atoms with van der Waals surface area (Å²) in [6.45, 7) is 12.1. The molecular weight excluding hydrogens is 589 g/mol. The molecule has 5 rings (SSSR count). The lowest BCUT2D eigenvalue weighted by molar-refractivity contribution is 0.0428. The van der Waals surface area contributed by atoms with E-state index in [1.807, 2.05) is 29.0 Å². The molecule has 0 saturated heterocycles. The second kappa shape index (κ2) is 12.0. The summed E-state index contributed by atoms with van der Waals surface area (Å²) in [6, 6.07) is 12.0. The minimum Gasteiger partial charge on any atom is -0.490 e. The average molecular weight is 624 g/mol. The number of carbonyl (C=O) groups is 2. The van der Waals surface area contributed by atoms with Crippen LogP contribution in [0.25, 0.3) is 16.6 Å². The number of fused-ring (bicyclic) bond motifs is 2. The van der Waals surface area contributed by atoms with Crippen LogP contribution in [0, 0.1) is 5.82 Å². The maximum absolute atomic E-state index is 13.8. The van der Waals surface area contributed by atoms with Crippen LogP contribution in [-0.4, -0.2) is 56.2 Å². The number of carbonyl (C=O) groups excluding carboxylic acids is 2. The molecule has 232 valence electrons. The van der Waals surface area contributed by atoms with E-state index in [4.69, 9.17) is 25.8 Å². The van der Waals surface area contributed by atoms with Crippen LogP contribution in [0.4, 0.5) is 19.8 Å². The Labute approximate surface area is 260 Å². The number of amides is 2. The number of ether oxygens (including phenoxy) is 3. The third-order valence-electron chi connectivity index (χ3n) is 6.57. The quantitative estimate of drug-likeness (QED) is 0.234. The van der Waals surface area contributed by atoms with Crippen molar-refractivity contribution in [1.29, 1.82) is 0 Å². The zero-order valence-corrected chi connectivity index (χ0v) is 26.3. The van der Waals surface area contributed by atoms with Gasteiger partial charge in [-0.3, -0.25) is 4.90 Å². The number of imide groups is 1. The SMILES string of the molecule is CC(C)(C)OC(=O)N(C(=O)OC(C)(C)C)c1cc(CN2CCOc3c(Cl)cc(-n4ccc5cc(F)ccc54)cc3C2)cnn1. The number of hydrogen-bond donors (Lipinski definition) is 0. The van der Waals surface area contributed by atoms with E-state index in [1.165, 1.54) is 12.1 Å². The number of hydrogen-bond acceptors (Lipinski definition) is 8. The summed E-state index contributed by atoms with van der Waals surface area (Å²) in [5.41, 5.74) is 1.54. The van der Waals surface area contributed by atoms with E-state index in [1.54, 1.807) is 59.9 Å². The Morgan fingerprint density at radius 1 is 1.02 bits per heavy atom. The molecule has 0 aliphatic carbocycles. The van der Waals surface area contributed by atoms with Gasteiger partial charge in [-0.15, -0.1) is 5.10 Å². The third kappa shape index (κ3) is 7.28. The molecule has 0 spiro atoms. The number of aromatic nitrogens is 3. The number of anilines is 1. The van der Waals surface area contributed by atoms with Crippen molar-refractivity contribution in [3.05, 3.63) is 76.8 Å². The van der Waals surface area contributed by atoms with Gasteiger partial charge in [0, 0.05) is 42.5 Å². The lowest BCUT2D eigenvalue weighted by atomic mass is 10.1. The van der Waals surface area contributed by atoms with Crippen LogP contribution in [0.1, 0.15) is 52.7 Å². The molecule has 0 N–H and O–H groups in total. The third-order valence-corrected chi connectivity index (χ3v) is 6.85. The first-order valence-corrected chi connectivity index (χ1v) is 14.6. The molecule has 2 amide bonds. The smallest absolute Gasteiger partial charge is 0.425 e. The minimum absolute atomic E-state index is 0.0151. The molecular formula is C32H35ClFN5O5. The van der Waals surface area contributed by atoms with Crippen LogP contribution >= 0.6 is 11.6 Å². The highest BCUT2D eigenvalue weighted by molar-refractivity contribution is 6.32. The number of benzene rings is 2. The Hall–Kier alpha value is -4.22. The summed E-state index contributed by atoms with van der Waals surface area (Å²) >= 11 is 6.70. The Morgan fingerprint density at radius 3 is 2.41 bits per heavy atom. The monoisotopic (exact) mass is 623 g/mol. The number of halogens is 2. The molecule has 0 saturated carbocycles. The highest BCUT2D eigenvalue weighted by Crippen LogP contribution is 2.36. The van der Waals surface area contributed by atoms with Crippen molar-refractivity contribution in [3.63, 3.8) is 0 Å². The molecule has 1 aliphatic rings. The minimum atomic E-state index is -0.919. The molecule has 0 fully saturated rings. The van der Waals surface area contributed by atoms with Crippen molar-refractivity contribution in [1.82, 2.24) is 19.7 Å². The van der Waals surface area contributed by atoms with E-state index in [0.717, 1.165) is 27.1 Å². The fourth-order valence-corrected chi connectivity index (χ4v) is 5.14. The van der Waals surface area contributed by atoms with Crippen molar-refractivity contribution in [3.8, 4) is 11.4 Å². The Kier molecular flexibility index (Phi) is 8.55. The molecule has 0 unspecified atom stereocenters. The predicted octanol–water partition coefficient (Wildman–Crippen LogP) is 7.28. The highest BCUT2D eigenvalue weighted by atomic mass is 35.5. The lowest BCUT2D eigenvalue weighted by Crippen LogP contribution is -2.44. The fraction of sp³-hybridized carbons (Fsp3) is 0.375. The maximum Gasteiger partial charge on any atom is 0.425 e. The molecule has 0 atom stereocenters. The van der Waals surface area contributed by atoms with Crippen molar-refractivity contribution >= 4 is 40.5 Å². The summed E-state index contributed by atoms with van der Waals surface area (Å²) < 4.78 is 32.7. The van der Waals surface area contributed by atoms with E-state index in [0.29, 0.717) is 42.6 Å². The predicted molar refractivity (Wildman–Crippen MR) is 165 cm³/mol. The molecule has 2 aromatic heterocycles. The van der Waals surface area contributed by atoms with Crippen LogP contribution in [0.15, 0.2) is 54.9 Å². The van der Waals surface area contributed by atoms with Gasteiger partial charge in [0.25, 0.3) is 0 Å². The molecule has 0 radical (unpaired) electrons. The summed E-state index contributed by atoms with van der Waals surface area (Å²) in [5.74, 6) is 0.294. The molecule has 44 heavy (non-hydrogen) atoms. The molecule has 10 nitrogen and oxygen atoms in total. The average Bonchev–Trinajstić information content (AvgIpc) is 3.20. The summed E-state index contributed by atoms with van der Waals surface area (Å²) in [4.78, 5) is 29.1. The van der Waals surface area contributed by atoms with Crippen LogP contribution in [0.5, 0.6) is 5.75 Å². The standard InChI is InChI=1S/C32H35ClFN5O5/c1-31(2,3)43-29(40)39(30(41)44-32(4,5)6)27-13-20(17-35-36-27)18-37-11-12-42-28-22(19-37)15-24(16-25(28)33)38-10-9-21-14-23(34)7-8-26(21)38/h7-10,13-17H,11-12,18-19H2,1-6H3. The van der Waals surface area contributed by atoms with Gasteiger partial charge in [0.05, 0.1) is 16.7 Å². The van der Waals surface area contributed by atoms with Crippen LogP contribution in [0.3, 0.4) is 0 Å². The molecule has 0 bridgehead atoms. The van der Waals surface area contributed by atoms with Crippen molar-refractivity contribution in [2.75, 3.05) is 18.1 Å².